The standard InChI is InChI=1S/C23H18BrNO/c1-15-12-16(2)23-20(25-19-10-8-18(24)9-11-19)14-21(26-22(23)13-15)17-6-4-3-5-7-17/h3-14H,1-2H3. The summed E-state index contributed by atoms with van der Waals surface area (Å²) in [6.45, 7) is 4.19. The second-order valence-electron chi connectivity index (χ2n) is 6.41. The molecular weight excluding hydrogens is 386 g/mol. The largest absolute Gasteiger partial charge is 0.456 e. The first-order valence-electron chi connectivity index (χ1n) is 8.51. The first-order valence-corrected chi connectivity index (χ1v) is 9.30. The Bertz CT molecular complexity index is 1140. The van der Waals surface area contributed by atoms with Gasteiger partial charge in [-0.25, -0.2) is 4.99 Å². The Labute approximate surface area is 161 Å². The molecule has 128 valence electrons. The molecule has 2 nitrogen and oxygen atoms in total. The molecule has 0 spiro atoms. The van der Waals surface area contributed by atoms with Crippen molar-refractivity contribution in [3.63, 3.8) is 0 Å². The highest BCUT2D eigenvalue weighted by atomic mass is 79.9. The van der Waals surface area contributed by atoms with Gasteiger partial charge in [0.15, 0.2) is 0 Å². The van der Waals surface area contributed by atoms with E-state index in [0.29, 0.717) is 0 Å². The van der Waals surface area contributed by atoms with Gasteiger partial charge in [0, 0.05) is 21.5 Å². The van der Waals surface area contributed by atoms with E-state index in [1.807, 2.05) is 48.5 Å². The molecule has 0 saturated heterocycles. The molecule has 3 heteroatoms. The number of benzene rings is 3. The molecule has 0 aliphatic heterocycles. The zero-order valence-electron chi connectivity index (χ0n) is 14.7. The summed E-state index contributed by atoms with van der Waals surface area (Å²) in [4.78, 5) is 4.91. The molecule has 4 aromatic rings. The third kappa shape index (κ3) is 3.35. The lowest BCUT2D eigenvalue weighted by Crippen LogP contribution is -2.05. The summed E-state index contributed by atoms with van der Waals surface area (Å²) in [7, 11) is 0. The van der Waals surface area contributed by atoms with E-state index in [-0.39, 0.29) is 0 Å². The number of nitrogens with zero attached hydrogens (tertiary/aromatic N) is 1. The van der Waals surface area contributed by atoms with Gasteiger partial charge in [-0.05, 0) is 55.3 Å². The van der Waals surface area contributed by atoms with E-state index >= 15 is 0 Å². The average Bonchev–Trinajstić information content (AvgIpc) is 2.63. The van der Waals surface area contributed by atoms with E-state index in [9.17, 15) is 0 Å². The van der Waals surface area contributed by atoms with Gasteiger partial charge in [-0.3, -0.25) is 0 Å². The molecule has 0 aliphatic rings. The Kier molecular flexibility index (Phi) is 4.48. The zero-order valence-corrected chi connectivity index (χ0v) is 16.2. The van der Waals surface area contributed by atoms with Crippen molar-refractivity contribution in [2.75, 3.05) is 0 Å². The van der Waals surface area contributed by atoms with Crippen molar-refractivity contribution in [1.29, 1.82) is 0 Å². The van der Waals surface area contributed by atoms with Gasteiger partial charge >= 0.3 is 0 Å². The van der Waals surface area contributed by atoms with E-state index in [1.54, 1.807) is 0 Å². The minimum absolute atomic E-state index is 0.818. The lowest BCUT2D eigenvalue weighted by Gasteiger charge is -2.08. The van der Waals surface area contributed by atoms with Crippen molar-refractivity contribution in [2.24, 2.45) is 4.99 Å². The molecule has 3 aromatic carbocycles. The molecule has 0 amide bonds. The fourth-order valence-corrected chi connectivity index (χ4v) is 3.43. The van der Waals surface area contributed by atoms with Crippen LogP contribution in [0.3, 0.4) is 0 Å². The first-order chi connectivity index (χ1) is 12.6. The predicted octanol–water partition coefficient (Wildman–Crippen LogP) is 6.71. The number of halogens is 1. The van der Waals surface area contributed by atoms with Gasteiger partial charge in [-0.1, -0.05) is 52.3 Å². The summed E-state index contributed by atoms with van der Waals surface area (Å²) >= 11 is 3.48. The van der Waals surface area contributed by atoms with Gasteiger partial charge < -0.3 is 4.42 Å². The maximum atomic E-state index is 6.24. The summed E-state index contributed by atoms with van der Waals surface area (Å²) in [6.07, 6.45) is 0. The molecule has 1 heterocycles. The zero-order chi connectivity index (χ0) is 18.1. The third-order valence-corrected chi connectivity index (χ3v) is 4.85. The number of aryl methyl sites for hydroxylation is 2. The summed E-state index contributed by atoms with van der Waals surface area (Å²) in [5.41, 5.74) is 5.16. The Morgan fingerprint density at radius 2 is 1.58 bits per heavy atom. The Morgan fingerprint density at radius 1 is 0.846 bits per heavy atom. The Balaban J connectivity index is 2.04. The van der Waals surface area contributed by atoms with Crippen LogP contribution in [0.5, 0.6) is 0 Å². The lowest BCUT2D eigenvalue weighted by atomic mass is 10.0. The number of rotatable bonds is 2. The molecule has 26 heavy (non-hydrogen) atoms. The molecular formula is C23H18BrNO. The van der Waals surface area contributed by atoms with Crippen molar-refractivity contribution in [3.8, 4) is 11.3 Å². The minimum atomic E-state index is 0.818. The van der Waals surface area contributed by atoms with E-state index in [4.69, 9.17) is 9.41 Å². The van der Waals surface area contributed by atoms with Crippen LogP contribution in [-0.4, -0.2) is 0 Å². The van der Waals surface area contributed by atoms with E-state index < -0.39 is 0 Å². The monoisotopic (exact) mass is 403 g/mol. The summed E-state index contributed by atoms with van der Waals surface area (Å²) < 4.78 is 7.28. The highest BCUT2D eigenvalue weighted by molar-refractivity contribution is 9.10. The van der Waals surface area contributed by atoms with Crippen LogP contribution in [0.2, 0.25) is 0 Å². The first kappa shape index (κ1) is 16.8. The van der Waals surface area contributed by atoms with Gasteiger partial charge in [0.1, 0.15) is 11.3 Å². The molecule has 0 aliphatic carbocycles. The molecule has 0 saturated carbocycles. The van der Waals surface area contributed by atoms with Crippen LogP contribution >= 0.6 is 15.9 Å². The van der Waals surface area contributed by atoms with E-state index in [0.717, 1.165) is 37.8 Å². The summed E-state index contributed by atoms with van der Waals surface area (Å²) in [5, 5.41) is 1.98. The maximum absolute atomic E-state index is 6.24. The van der Waals surface area contributed by atoms with Crippen LogP contribution in [0.15, 0.2) is 86.7 Å². The van der Waals surface area contributed by atoms with Crippen LogP contribution in [0, 0.1) is 13.8 Å². The Hall–Kier alpha value is -2.65. The van der Waals surface area contributed by atoms with Crippen LogP contribution in [0.25, 0.3) is 22.3 Å². The van der Waals surface area contributed by atoms with Gasteiger partial charge in [0.05, 0.1) is 11.0 Å². The van der Waals surface area contributed by atoms with Gasteiger partial charge in [0.25, 0.3) is 0 Å². The lowest BCUT2D eigenvalue weighted by molar-refractivity contribution is 0.618. The molecule has 0 radical (unpaired) electrons. The summed E-state index contributed by atoms with van der Waals surface area (Å²) in [6, 6.07) is 24.4. The summed E-state index contributed by atoms with van der Waals surface area (Å²) in [5.74, 6) is 0.818. The highest BCUT2D eigenvalue weighted by Gasteiger charge is 2.09. The van der Waals surface area contributed by atoms with Crippen LogP contribution in [0.1, 0.15) is 11.1 Å². The van der Waals surface area contributed by atoms with Crippen molar-refractivity contribution < 1.29 is 4.42 Å². The van der Waals surface area contributed by atoms with Crippen LogP contribution in [-0.2, 0) is 0 Å². The van der Waals surface area contributed by atoms with Crippen molar-refractivity contribution in [1.82, 2.24) is 0 Å². The maximum Gasteiger partial charge on any atom is 0.137 e. The fraction of sp³-hybridized carbons (Fsp3) is 0.0870. The molecule has 0 fully saturated rings. The SMILES string of the molecule is Cc1cc(C)c2c(=Nc3ccc(Br)cc3)cc(-c3ccccc3)oc2c1. The van der Waals surface area contributed by atoms with Gasteiger partial charge in [-0.15, -0.1) is 0 Å². The van der Waals surface area contributed by atoms with Crippen molar-refractivity contribution in [3.05, 3.63) is 93.8 Å². The molecule has 0 bridgehead atoms. The minimum Gasteiger partial charge on any atom is -0.456 e. The van der Waals surface area contributed by atoms with Crippen molar-refractivity contribution in [2.45, 2.75) is 13.8 Å². The van der Waals surface area contributed by atoms with E-state index in [1.165, 1.54) is 11.1 Å². The second kappa shape index (κ2) is 6.93. The van der Waals surface area contributed by atoms with Crippen molar-refractivity contribution >= 4 is 32.6 Å². The Morgan fingerprint density at radius 3 is 2.31 bits per heavy atom. The van der Waals surface area contributed by atoms with Gasteiger partial charge in [-0.2, -0.15) is 0 Å². The second-order valence-corrected chi connectivity index (χ2v) is 7.32. The van der Waals surface area contributed by atoms with E-state index in [2.05, 4.69) is 54.0 Å². The molecule has 0 N–H and O–H groups in total. The van der Waals surface area contributed by atoms with Gasteiger partial charge in [0.2, 0.25) is 0 Å². The molecule has 4 rings (SSSR count). The molecule has 0 atom stereocenters. The number of hydrogen-bond acceptors (Lipinski definition) is 2. The molecule has 1 aromatic heterocycles. The topological polar surface area (TPSA) is 25.5 Å². The normalized spacial score (nSPS) is 11.9. The van der Waals surface area contributed by atoms with Crippen LogP contribution < -0.4 is 5.36 Å². The average molecular weight is 404 g/mol. The molecule has 0 unspecified atom stereocenters. The quantitative estimate of drug-likeness (QED) is 0.365. The van der Waals surface area contributed by atoms with Crippen LogP contribution in [0.4, 0.5) is 5.69 Å². The predicted molar refractivity (Wildman–Crippen MR) is 110 cm³/mol. The third-order valence-electron chi connectivity index (χ3n) is 4.32. The number of hydrogen-bond donors (Lipinski definition) is 0. The fourth-order valence-electron chi connectivity index (χ4n) is 3.17. The number of fused-ring (bicyclic) bond motifs is 1. The highest BCUT2D eigenvalue weighted by Crippen LogP contribution is 2.25. The smallest absolute Gasteiger partial charge is 0.137 e.